The van der Waals surface area contributed by atoms with E-state index in [2.05, 4.69) is 10.6 Å². The van der Waals surface area contributed by atoms with Crippen LogP contribution in [-0.2, 0) is 17.4 Å². The SMILES string of the molecule is CC(Cc1cccc(C(F)(F)F)c1)C(=O)NCC1CNCC1O.Cl. The molecule has 1 heterocycles. The van der Waals surface area contributed by atoms with Crippen molar-refractivity contribution in [3.8, 4) is 0 Å². The van der Waals surface area contributed by atoms with Crippen molar-refractivity contribution in [3.63, 3.8) is 0 Å². The molecule has 1 fully saturated rings. The molecule has 3 N–H and O–H groups in total. The van der Waals surface area contributed by atoms with Crippen molar-refractivity contribution in [2.45, 2.75) is 25.6 Å². The van der Waals surface area contributed by atoms with E-state index < -0.39 is 23.8 Å². The Bertz CT molecular complexity index is 554. The maximum Gasteiger partial charge on any atom is 0.416 e. The highest BCUT2D eigenvalue weighted by Gasteiger charge is 2.30. The normalized spacial score (nSPS) is 21.9. The number of hydrogen-bond donors (Lipinski definition) is 3. The third-order valence-corrected chi connectivity index (χ3v) is 4.09. The van der Waals surface area contributed by atoms with Crippen molar-refractivity contribution in [1.82, 2.24) is 10.6 Å². The maximum absolute atomic E-state index is 12.7. The van der Waals surface area contributed by atoms with Crippen LogP contribution in [0.5, 0.6) is 0 Å². The lowest BCUT2D eigenvalue weighted by molar-refractivity contribution is -0.137. The molecular formula is C16H22ClF3N2O2. The summed E-state index contributed by atoms with van der Waals surface area (Å²) in [7, 11) is 0. The number of nitrogens with one attached hydrogen (secondary N) is 2. The summed E-state index contributed by atoms with van der Waals surface area (Å²) in [5.41, 5.74) is -0.229. The van der Waals surface area contributed by atoms with Gasteiger partial charge in [0.15, 0.2) is 0 Å². The summed E-state index contributed by atoms with van der Waals surface area (Å²) >= 11 is 0. The Morgan fingerprint density at radius 1 is 1.42 bits per heavy atom. The van der Waals surface area contributed by atoms with Crippen molar-refractivity contribution in [2.24, 2.45) is 11.8 Å². The van der Waals surface area contributed by atoms with Gasteiger partial charge >= 0.3 is 6.18 Å². The Morgan fingerprint density at radius 2 is 2.12 bits per heavy atom. The molecule has 0 saturated carbocycles. The quantitative estimate of drug-likeness (QED) is 0.747. The summed E-state index contributed by atoms with van der Waals surface area (Å²) in [4.78, 5) is 12.1. The Morgan fingerprint density at radius 3 is 2.71 bits per heavy atom. The highest BCUT2D eigenvalue weighted by atomic mass is 35.5. The summed E-state index contributed by atoms with van der Waals surface area (Å²) < 4.78 is 38.1. The standard InChI is InChI=1S/C16H21F3N2O2.ClH/c1-10(15(23)21-8-12-7-20-9-14(12)22)5-11-3-2-4-13(6-11)16(17,18)19;/h2-4,6,10,12,14,20,22H,5,7-9H2,1H3,(H,21,23);1H. The lowest BCUT2D eigenvalue weighted by Gasteiger charge is -2.17. The molecule has 0 spiro atoms. The molecule has 1 aromatic rings. The van der Waals surface area contributed by atoms with Gasteiger partial charge in [0.05, 0.1) is 11.7 Å². The van der Waals surface area contributed by atoms with Crippen molar-refractivity contribution in [3.05, 3.63) is 35.4 Å². The third kappa shape index (κ3) is 5.65. The van der Waals surface area contributed by atoms with Crippen LogP contribution in [0.4, 0.5) is 13.2 Å². The molecule has 0 aromatic heterocycles. The molecule has 2 rings (SSSR count). The van der Waals surface area contributed by atoms with Crippen molar-refractivity contribution >= 4 is 18.3 Å². The van der Waals surface area contributed by atoms with Crippen molar-refractivity contribution < 1.29 is 23.1 Å². The van der Waals surface area contributed by atoms with E-state index in [1.807, 2.05) is 0 Å². The molecule has 3 unspecified atom stereocenters. The van der Waals surface area contributed by atoms with Gasteiger partial charge in [-0.3, -0.25) is 4.79 Å². The molecule has 0 radical (unpaired) electrons. The predicted molar refractivity (Wildman–Crippen MR) is 86.9 cm³/mol. The van der Waals surface area contributed by atoms with Gasteiger partial charge in [-0.2, -0.15) is 13.2 Å². The van der Waals surface area contributed by atoms with Crippen LogP contribution in [0, 0.1) is 11.8 Å². The van der Waals surface area contributed by atoms with Gasteiger partial charge in [-0.25, -0.2) is 0 Å². The van der Waals surface area contributed by atoms with E-state index in [1.54, 1.807) is 13.0 Å². The van der Waals surface area contributed by atoms with Gasteiger partial charge in [-0.1, -0.05) is 25.1 Å². The lowest BCUT2D eigenvalue weighted by Crippen LogP contribution is -2.37. The molecule has 1 aliphatic rings. The first kappa shape index (κ1) is 20.7. The number of benzene rings is 1. The molecule has 3 atom stereocenters. The molecule has 8 heteroatoms. The van der Waals surface area contributed by atoms with E-state index in [0.29, 0.717) is 25.2 Å². The van der Waals surface area contributed by atoms with Crippen LogP contribution >= 0.6 is 12.4 Å². The molecule has 0 bridgehead atoms. The number of β-amino-alcohol motifs (C(OH)–C–C–N with tert-alkyl or cyclic N) is 1. The average Bonchev–Trinajstić information content (AvgIpc) is 2.89. The summed E-state index contributed by atoms with van der Waals surface area (Å²) in [5.74, 6) is -0.689. The molecule has 1 aliphatic heterocycles. The summed E-state index contributed by atoms with van der Waals surface area (Å²) in [6, 6.07) is 5.03. The average molecular weight is 367 g/mol. The number of aliphatic hydroxyl groups excluding tert-OH is 1. The number of hydrogen-bond acceptors (Lipinski definition) is 3. The molecule has 136 valence electrons. The molecule has 1 aromatic carbocycles. The molecular weight excluding hydrogens is 345 g/mol. The van der Waals surface area contributed by atoms with E-state index in [0.717, 1.165) is 12.1 Å². The van der Waals surface area contributed by atoms with Crippen LogP contribution in [-0.4, -0.2) is 36.8 Å². The van der Waals surface area contributed by atoms with Crippen LogP contribution in [0.1, 0.15) is 18.1 Å². The van der Waals surface area contributed by atoms with E-state index >= 15 is 0 Å². The van der Waals surface area contributed by atoms with Gasteiger partial charge in [-0.15, -0.1) is 12.4 Å². The zero-order chi connectivity index (χ0) is 17.0. The maximum atomic E-state index is 12.7. The predicted octanol–water partition coefficient (Wildman–Crippen LogP) is 2.00. The molecule has 1 saturated heterocycles. The molecule has 1 amide bonds. The van der Waals surface area contributed by atoms with Crippen LogP contribution in [0.25, 0.3) is 0 Å². The van der Waals surface area contributed by atoms with E-state index in [-0.39, 0.29) is 30.7 Å². The Hall–Kier alpha value is -1.31. The van der Waals surface area contributed by atoms with Gasteiger partial charge in [0.1, 0.15) is 0 Å². The topological polar surface area (TPSA) is 61.4 Å². The highest BCUT2D eigenvalue weighted by molar-refractivity contribution is 5.85. The summed E-state index contributed by atoms with van der Waals surface area (Å²) in [5, 5.41) is 15.4. The van der Waals surface area contributed by atoms with Gasteiger partial charge in [0, 0.05) is 31.5 Å². The van der Waals surface area contributed by atoms with Crippen LogP contribution in [0.15, 0.2) is 24.3 Å². The minimum Gasteiger partial charge on any atom is -0.391 e. The second-order valence-corrected chi connectivity index (χ2v) is 6.03. The molecule has 24 heavy (non-hydrogen) atoms. The number of amides is 1. The van der Waals surface area contributed by atoms with E-state index in [1.165, 1.54) is 6.07 Å². The minimum absolute atomic E-state index is 0. The number of aliphatic hydroxyl groups is 1. The van der Waals surface area contributed by atoms with Crippen LogP contribution in [0.3, 0.4) is 0 Å². The van der Waals surface area contributed by atoms with Crippen molar-refractivity contribution in [1.29, 1.82) is 0 Å². The number of rotatable bonds is 5. The Kier molecular flexibility index (Phi) is 7.51. The fourth-order valence-electron chi connectivity index (χ4n) is 2.65. The first-order chi connectivity index (χ1) is 10.8. The van der Waals surface area contributed by atoms with Gasteiger partial charge in [0.2, 0.25) is 5.91 Å². The third-order valence-electron chi connectivity index (χ3n) is 4.09. The second kappa shape index (κ2) is 8.69. The zero-order valence-corrected chi connectivity index (χ0v) is 14.1. The second-order valence-electron chi connectivity index (χ2n) is 6.03. The summed E-state index contributed by atoms with van der Waals surface area (Å²) in [6.45, 7) is 3.20. The van der Waals surface area contributed by atoms with E-state index in [9.17, 15) is 23.1 Å². The van der Waals surface area contributed by atoms with Gasteiger partial charge < -0.3 is 15.7 Å². The Labute approximate surface area is 145 Å². The monoisotopic (exact) mass is 366 g/mol. The van der Waals surface area contributed by atoms with Crippen molar-refractivity contribution in [2.75, 3.05) is 19.6 Å². The number of carbonyl (C=O) groups is 1. The first-order valence-electron chi connectivity index (χ1n) is 7.60. The number of alkyl halides is 3. The fourth-order valence-corrected chi connectivity index (χ4v) is 2.65. The highest BCUT2D eigenvalue weighted by Crippen LogP contribution is 2.30. The minimum atomic E-state index is -4.38. The smallest absolute Gasteiger partial charge is 0.391 e. The van der Waals surface area contributed by atoms with Crippen LogP contribution < -0.4 is 10.6 Å². The van der Waals surface area contributed by atoms with Gasteiger partial charge in [-0.05, 0) is 18.1 Å². The van der Waals surface area contributed by atoms with E-state index in [4.69, 9.17) is 0 Å². The largest absolute Gasteiger partial charge is 0.416 e. The summed E-state index contributed by atoms with van der Waals surface area (Å²) in [6.07, 6.45) is -4.62. The first-order valence-corrected chi connectivity index (χ1v) is 7.60. The zero-order valence-electron chi connectivity index (χ0n) is 13.3. The number of carbonyl (C=O) groups excluding carboxylic acids is 1. The molecule has 4 nitrogen and oxygen atoms in total. The van der Waals surface area contributed by atoms with Gasteiger partial charge in [0.25, 0.3) is 0 Å². The fraction of sp³-hybridized carbons (Fsp3) is 0.562. The number of halogens is 4. The lowest BCUT2D eigenvalue weighted by atomic mass is 9.98. The molecule has 0 aliphatic carbocycles. The Balaban J connectivity index is 0.00000288. The van der Waals surface area contributed by atoms with Crippen LogP contribution in [0.2, 0.25) is 0 Å².